The second-order valence-corrected chi connectivity index (χ2v) is 4.42. The third kappa shape index (κ3) is 1.91. The van der Waals surface area contributed by atoms with Crippen molar-refractivity contribution in [3.8, 4) is 11.5 Å². The Bertz CT molecular complexity index is 767. The van der Waals surface area contributed by atoms with Crippen molar-refractivity contribution in [2.45, 2.75) is 13.3 Å². The zero-order valence-electron chi connectivity index (χ0n) is 11.3. The second-order valence-electron chi connectivity index (χ2n) is 4.42. The summed E-state index contributed by atoms with van der Waals surface area (Å²) in [6.07, 6.45) is 2.23. The second kappa shape index (κ2) is 4.92. The summed E-state index contributed by atoms with van der Waals surface area (Å²) in [7, 11) is 1.81. The first-order valence-electron chi connectivity index (χ1n) is 6.44. The van der Waals surface area contributed by atoms with Crippen LogP contribution in [0.3, 0.4) is 0 Å². The van der Waals surface area contributed by atoms with Gasteiger partial charge in [-0.25, -0.2) is 14.4 Å². The van der Waals surface area contributed by atoms with Crippen LogP contribution in [0.2, 0.25) is 0 Å². The maximum absolute atomic E-state index is 13.7. The molecule has 1 N–H and O–H groups in total. The largest absolute Gasteiger partial charge is 0.451 e. The van der Waals surface area contributed by atoms with Gasteiger partial charge in [-0.05, 0) is 18.6 Å². The summed E-state index contributed by atoms with van der Waals surface area (Å²) in [6.45, 7) is 2.02. The number of halogens is 1. The van der Waals surface area contributed by atoms with Gasteiger partial charge in [0.1, 0.15) is 17.8 Å². The summed E-state index contributed by atoms with van der Waals surface area (Å²) in [4.78, 5) is 8.47. The first kappa shape index (κ1) is 12.6. The SMILES string of the molecule is CCc1c(NC)ncnc1-c1cc2cccc(F)c2o1. The number of nitrogens with one attached hydrogen (secondary N) is 1. The van der Waals surface area contributed by atoms with E-state index in [0.717, 1.165) is 23.2 Å². The molecule has 20 heavy (non-hydrogen) atoms. The van der Waals surface area contributed by atoms with Gasteiger partial charge < -0.3 is 9.73 Å². The van der Waals surface area contributed by atoms with E-state index in [-0.39, 0.29) is 11.4 Å². The molecule has 2 aromatic heterocycles. The summed E-state index contributed by atoms with van der Waals surface area (Å²) in [5.74, 6) is 0.953. The third-order valence-electron chi connectivity index (χ3n) is 3.27. The molecule has 0 aliphatic heterocycles. The van der Waals surface area contributed by atoms with Gasteiger partial charge in [0.25, 0.3) is 0 Å². The molecule has 0 radical (unpaired) electrons. The molecule has 0 unspecified atom stereocenters. The van der Waals surface area contributed by atoms with Gasteiger partial charge in [-0.3, -0.25) is 0 Å². The average Bonchev–Trinajstić information content (AvgIpc) is 2.91. The molecule has 0 spiro atoms. The van der Waals surface area contributed by atoms with Crippen molar-refractivity contribution >= 4 is 16.8 Å². The minimum Gasteiger partial charge on any atom is -0.451 e. The molecule has 0 atom stereocenters. The molecule has 0 fully saturated rings. The highest BCUT2D eigenvalue weighted by Crippen LogP contribution is 2.31. The van der Waals surface area contributed by atoms with E-state index < -0.39 is 0 Å². The van der Waals surface area contributed by atoms with Crippen LogP contribution in [0, 0.1) is 5.82 Å². The number of hydrogen-bond donors (Lipinski definition) is 1. The summed E-state index contributed by atoms with van der Waals surface area (Å²) in [6, 6.07) is 6.67. The summed E-state index contributed by atoms with van der Waals surface area (Å²) in [5, 5.41) is 3.76. The molecule has 0 saturated carbocycles. The van der Waals surface area contributed by atoms with Gasteiger partial charge in [0.2, 0.25) is 0 Å². The van der Waals surface area contributed by atoms with Crippen LogP contribution in [0.25, 0.3) is 22.4 Å². The van der Waals surface area contributed by atoms with Crippen LogP contribution in [0.15, 0.2) is 35.0 Å². The number of para-hydroxylation sites is 1. The van der Waals surface area contributed by atoms with Crippen LogP contribution >= 0.6 is 0 Å². The Balaban J connectivity index is 2.23. The summed E-state index contributed by atoms with van der Waals surface area (Å²) in [5.41, 5.74) is 1.91. The van der Waals surface area contributed by atoms with Crippen molar-refractivity contribution < 1.29 is 8.81 Å². The Morgan fingerprint density at radius 2 is 2.15 bits per heavy atom. The third-order valence-corrected chi connectivity index (χ3v) is 3.27. The van der Waals surface area contributed by atoms with E-state index in [0.29, 0.717) is 11.5 Å². The number of hydrogen-bond acceptors (Lipinski definition) is 4. The number of furan rings is 1. The minimum atomic E-state index is -0.366. The molecule has 3 aromatic rings. The molecule has 0 bridgehead atoms. The Hall–Kier alpha value is -2.43. The number of anilines is 1. The van der Waals surface area contributed by atoms with Gasteiger partial charge in [0.05, 0.1) is 0 Å². The van der Waals surface area contributed by atoms with E-state index >= 15 is 0 Å². The van der Waals surface area contributed by atoms with E-state index in [1.165, 1.54) is 12.4 Å². The van der Waals surface area contributed by atoms with E-state index in [1.54, 1.807) is 12.1 Å². The van der Waals surface area contributed by atoms with Crippen molar-refractivity contribution in [3.63, 3.8) is 0 Å². The number of aromatic nitrogens is 2. The molecule has 2 heterocycles. The van der Waals surface area contributed by atoms with Crippen LogP contribution in [0.5, 0.6) is 0 Å². The minimum absolute atomic E-state index is 0.258. The van der Waals surface area contributed by atoms with Crippen molar-refractivity contribution in [1.82, 2.24) is 9.97 Å². The smallest absolute Gasteiger partial charge is 0.170 e. The Kier molecular flexibility index (Phi) is 3.10. The monoisotopic (exact) mass is 271 g/mol. The van der Waals surface area contributed by atoms with E-state index in [9.17, 15) is 4.39 Å². The maximum atomic E-state index is 13.7. The molecule has 102 valence electrons. The highest BCUT2D eigenvalue weighted by atomic mass is 19.1. The maximum Gasteiger partial charge on any atom is 0.170 e. The van der Waals surface area contributed by atoms with Crippen LogP contribution in [0.1, 0.15) is 12.5 Å². The molecular weight excluding hydrogens is 257 g/mol. The van der Waals surface area contributed by atoms with Crippen LogP contribution < -0.4 is 5.32 Å². The number of nitrogens with zero attached hydrogens (tertiary/aromatic N) is 2. The van der Waals surface area contributed by atoms with Crippen LogP contribution in [0.4, 0.5) is 10.2 Å². The molecule has 3 rings (SSSR count). The average molecular weight is 271 g/mol. The fraction of sp³-hybridized carbons (Fsp3) is 0.200. The highest BCUT2D eigenvalue weighted by molar-refractivity contribution is 5.83. The summed E-state index contributed by atoms with van der Waals surface area (Å²) < 4.78 is 19.3. The van der Waals surface area contributed by atoms with E-state index in [4.69, 9.17) is 4.42 Å². The van der Waals surface area contributed by atoms with Crippen molar-refractivity contribution in [2.75, 3.05) is 12.4 Å². The lowest BCUT2D eigenvalue weighted by atomic mass is 10.1. The predicted octanol–water partition coefficient (Wildman–Crippen LogP) is 3.63. The molecular formula is C15H14FN3O. The Morgan fingerprint density at radius 3 is 2.85 bits per heavy atom. The topological polar surface area (TPSA) is 51.0 Å². The van der Waals surface area contributed by atoms with Crippen molar-refractivity contribution in [1.29, 1.82) is 0 Å². The molecule has 4 nitrogen and oxygen atoms in total. The van der Waals surface area contributed by atoms with E-state index in [2.05, 4.69) is 15.3 Å². The fourth-order valence-electron chi connectivity index (χ4n) is 2.32. The zero-order chi connectivity index (χ0) is 14.1. The normalized spacial score (nSPS) is 10.9. The van der Waals surface area contributed by atoms with Crippen molar-refractivity contribution in [3.05, 3.63) is 42.0 Å². The molecule has 0 aliphatic rings. The lowest BCUT2D eigenvalue weighted by Gasteiger charge is -2.08. The van der Waals surface area contributed by atoms with Gasteiger partial charge in [-0.15, -0.1) is 0 Å². The first-order chi connectivity index (χ1) is 9.74. The van der Waals surface area contributed by atoms with Gasteiger partial charge >= 0.3 is 0 Å². The van der Waals surface area contributed by atoms with Crippen LogP contribution in [-0.4, -0.2) is 17.0 Å². The zero-order valence-corrected chi connectivity index (χ0v) is 11.3. The lowest BCUT2D eigenvalue weighted by molar-refractivity contribution is 0.567. The molecule has 0 amide bonds. The quantitative estimate of drug-likeness (QED) is 0.790. The number of benzene rings is 1. The molecule has 5 heteroatoms. The Morgan fingerprint density at radius 1 is 1.30 bits per heavy atom. The molecule has 0 saturated heterocycles. The predicted molar refractivity (Wildman–Crippen MR) is 76.1 cm³/mol. The van der Waals surface area contributed by atoms with Gasteiger partial charge in [0, 0.05) is 18.0 Å². The van der Waals surface area contributed by atoms with Gasteiger partial charge in [0.15, 0.2) is 17.2 Å². The van der Waals surface area contributed by atoms with Gasteiger partial charge in [-0.1, -0.05) is 19.1 Å². The van der Waals surface area contributed by atoms with E-state index in [1.807, 2.05) is 20.0 Å². The molecule has 0 aliphatic carbocycles. The van der Waals surface area contributed by atoms with Crippen LogP contribution in [-0.2, 0) is 6.42 Å². The highest BCUT2D eigenvalue weighted by Gasteiger charge is 2.16. The first-order valence-corrected chi connectivity index (χ1v) is 6.44. The summed E-state index contributed by atoms with van der Waals surface area (Å²) >= 11 is 0. The number of fused-ring (bicyclic) bond motifs is 1. The lowest BCUT2D eigenvalue weighted by Crippen LogP contribution is -2.01. The number of rotatable bonds is 3. The standard InChI is InChI=1S/C15H14FN3O/c1-3-10-13(18-8-19-15(10)17-2)12-7-9-5-4-6-11(16)14(9)20-12/h4-8H,3H2,1-2H3,(H,17,18,19). The molecule has 1 aromatic carbocycles. The fourth-order valence-corrected chi connectivity index (χ4v) is 2.32. The van der Waals surface area contributed by atoms with Gasteiger partial charge in [-0.2, -0.15) is 0 Å². The Labute approximate surface area is 115 Å². The van der Waals surface area contributed by atoms with Crippen molar-refractivity contribution in [2.24, 2.45) is 0 Å².